The average molecular weight is 990 g/mol. The van der Waals surface area contributed by atoms with E-state index in [1.807, 2.05) is 0 Å². The summed E-state index contributed by atoms with van der Waals surface area (Å²) in [6, 6.07) is 66.3. The molecule has 0 unspecified atom stereocenters. The van der Waals surface area contributed by atoms with Crippen LogP contribution in [0.15, 0.2) is 182 Å². The number of rotatable bonds is 6. The van der Waals surface area contributed by atoms with E-state index in [4.69, 9.17) is 17.0 Å². The molecule has 0 heterocycles. The van der Waals surface area contributed by atoms with E-state index in [2.05, 4.69) is 244 Å². The van der Waals surface area contributed by atoms with Gasteiger partial charge in [-0.25, -0.2) is 0 Å². The summed E-state index contributed by atoms with van der Waals surface area (Å²) in [6.07, 6.45) is 0. The van der Waals surface area contributed by atoms with Crippen molar-refractivity contribution in [2.45, 2.75) is 62.3 Å². The Kier molecular flexibility index (Phi) is 16.6. The number of benzene rings is 8. The molecule has 0 N–H and O–H groups in total. The molecule has 0 bridgehead atoms. The molecular formula is C64H59Cl2Zr-3. The Bertz CT molecular complexity index is 2910. The quantitative estimate of drug-likeness (QED) is 0.146. The van der Waals surface area contributed by atoms with Crippen LogP contribution in [-0.4, -0.2) is 0 Å². The van der Waals surface area contributed by atoms with Gasteiger partial charge in [0.2, 0.25) is 0 Å². The van der Waals surface area contributed by atoms with Gasteiger partial charge in [0, 0.05) is 0 Å². The first-order valence-electron chi connectivity index (χ1n) is 23.0. The van der Waals surface area contributed by atoms with Gasteiger partial charge in [0.1, 0.15) is 0 Å². The SMILES string of the molecule is Cc1cc2c(-c3cc(-c4ccccc4)cc(-c4ccccc4)c3)c(C)c(C)c(C)c2[cH-]1.Cc1cc2c(-c3cc(-c4ccccc4)cc(-c4ccccc4)c3)c(C)c(C)c(C)c2[cH-]1.[CH2-]C.[Cl][Zr][Cl]. The third-order valence-corrected chi connectivity index (χ3v) is 13.3. The maximum absolute atomic E-state index is 4.93. The van der Waals surface area contributed by atoms with Gasteiger partial charge in [0.25, 0.3) is 0 Å². The maximum atomic E-state index is 4.93. The molecule has 0 aliphatic heterocycles. The van der Waals surface area contributed by atoms with Crippen LogP contribution < -0.4 is 0 Å². The molecule has 0 fully saturated rings. The Morgan fingerprint density at radius 1 is 0.313 bits per heavy atom. The first-order chi connectivity index (χ1) is 32.5. The molecule has 0 amide bonds. The second-order valence-electron chi connectivity index (χ2n) is 17.4. The molecule has 10 aromatic carbocycles. The molecular weight excluding hydrogens is 931 g/mol. The third-order valence-electron chi connectivity index (χ3n) is 13.3. The van der Waals surface area contributed by atoms with Gasteiger partial charge in [0.15, 0.2) is 0 Å². The molecule has 0 aliphatic carbocycles. The summed E-state index contributed by atoms with van der Waals surface area (Å²) < 4.78 is 0. The molecule has 10 aromatic rings. The van der Waals surface area contributed by atoms with E-state index in [0.717, 1.165) is 0 Å². The molecule has 0 atom stereocenters. The number of aryl methyl sites for hydroxylation is 4. The van der Waals surface area contributed by atoms with E-state index in [9.17, 15) is 0 Å². The van der Waals surface area contributed by atoms with E-state index in [0.29, 0.717) is 0 Å². The van der Waals surface area contributed by atoms with Gasteiger partial charge in [-0.1, -0.05) is 182 Å². The molecule has 336 valence electrons. The topological polar surface area (TPSA) is 0 Å². The van der Waals surface area contributed by atoms with Crippen LogP contribution in [0.1, 0.15) is 51.4 Å². The Morgan fingerprint density at radius 3 is 0.806 bits per heavy atom. The van der Waals surface area contributed by atoms with Crippen molar-refractivity contribution < 1.29 is 20.8 Å². The number of hydrogen-bond acceptors (Lipinski definition) is 0. The van der Waals surface area contributed by atoms with Crippen LogP contribution in [0.3, 0.4) is 0 Å². The second kappa shape index (κ2) is 22.5. The van der Waals surface area contributed by atoms with Crippen molar-refractivity contribution in [2.24, 2.45) is 0 Å². The van der Waals surface area contributed by atoms with E-state index < -0.39 is 20.8 Å². The molecule has 3 heteroatoms. The Morgan fingerprint density at radius 2 is 0.552 bits per heavy atom. The molecule has 67 heavy (non-hydrogen) atoms. The molecule has 0 aromatic heterocycles. The summed E-state index contributed by atoms with van der Waals surface area (Å²) >= 11 is -0.826. The van der Waals surface area contributed by atoms with Crippen LogP contribution in [0.5, 0.6) is 0 Å². The number of hydrogen-bond donors (Lipinski definition) is 0. The summed E-state index contributed by atoms with van der Waals surface area (Å²) in [5.41, 5.74) is 26.3. The Balaban J connectivity index is 0.000000182. The molecule has 0 spiro atoms. The van der Waals surface area contributed by atoms with E-state index >= 15 is 0 Å². The molecule has 0 nitrogen and oxygen atoms in total. The van der Waals surface area contributed by atoms with Gasteiger partial charge in [-0.05, 0) is 120 Å². The zero-order chi connectivity index (χ0) is 47.8. The van der Waals surface area contributed by atoms with Gasteiger partial charge in [-0.2, -0.15) is 19.1 Å². The van der Waals surface area contributed by atoms with Crippen LogP contribution in [0, 0.1) is 62.3 Å². The predicted octanol–water partition coefficient (Wildman–Crippen LogP) is 19.8. The normalized spacial score (nSPS) is 10.7. The van der Waals surface area contributed by atoms with E-state index in [1.165, 1.54) is 133 Å². The summed E-state index contributed by atoms with van der Waals surface area (Å²) in [6.45, 7) is 23.0. The summed E-state index contributed by atoms with van der Waals surface area (Å²) in [5.74, 6) is 0. The Labute approximate surface area is 418 Å². The number of fused-ring (bicyclic) bond motifs is 2. The minimum atomic E-state index is -0.826. The minimum absolute atomic E-state index is 0.826. The van der Waals surface area contributed by atoms with Crippen LogP contribution in [-0.2, 0) is 20.8 Å². The van der Waals surface area contributed by atoms with Gasteiger partial charge in [-0.15, -0.1) is 55.9 Å². The zero-order valence-electron chi connectivity index (χ0n) is 40.3. The van der Waals surface area contributed by atoms with Crippen molar-refractivity contribution in [1.82, 2.24) is 0 Å². The monoisotopic (exact) mass is 987 g/mol. The van der Waals surface area contributed by atoms with E-state index in [1.54, 1.807) is 6.92 Å². The summed E-state index contributed by atoms with van der Waals surface area (Å²) in [5, 5.41) is 5.48. The molecule has 10 rings (SSSR count). The molecule has 0 radical (unpaired) electrons. The molecule has 0 saturated heterocycles. The van der Waals surface area contributed by atoms with Crippen LogP contribution in [0.4, 0.5) is 0 Å². The van der Waals surface area contributed by atoms with Crippen molar-refractivity contribution in [3.05, 3.63) is 233 Å². The predicted molar refractivity (Wildman–Crippen MR) is 292 cm³/mol. The molecule has 0 aliphatic rings. The van der Waals surface area contributed by atoms with Crippen molar-refractivity contribution in [3.63, 3.8) is 0 Å². The fourth-order valence-electron chi connectivity index (χ4n) is 9.56. The van der Waals surface area contributed by atoms with Crippen LogP contribution >= 0.6 is 17.0 Å². The van der Waals surface area contributed by atoms with Gasteiger partial charge in [0.05, 0.1) is 0 Å². The fourth-order valence-corrected chi connectivity index (χ4v) is 9.56. The third kappa shape index (κ3) is 10.8. The molecule has 0 saturated carbocycles. The van der Waals surface area contributed by atoms with Crippen molar-refractivity contribution in [2.75, 3.05) is 0 Å². The standard InChI is InChI=1S/2C31H27.C2H5.2ClH.Zr/c2*1-20-15-29-22(3)21(2)23(4)31(30(29)16-20)28-18-26(24-11-7-5-8-12-24)17-27(19-28)25-13-9-6-10-14-25;1-2;;;/h2*5-19H,1-4H3;1H2,2H3;2*1H;/q3*-1;;;+2/p-2. The van der Waals surface area contributed by atoms with Gasteiger partial charge < -0.3 is 6.92 Å². The first kappa shape index (κ1) is 49.4. The fraction of sp³-hybridized carbons (Fsp3) is 0.141. The van der Waals surface area contributed by atoms with Gasteiger partial charge >= 0.3 is 37.9 Å². The van der Waals surface area contributed by atoms with Crippen molar-refractivity contribution in [1.29, 1.82) is 0 Å². The van der Waals surface area contributed by atoms with Crippen LogP contribution in [0.2, 0.25) is 0 Å². The number of halogens is 2. The Hall–Kier alpha value is -5.56. The summed E-state index contributed by atoms with van der Waals surface area (Å²) in [7, 11) is 9.87. The van der Waals surface area contributed by atoms with Crippen molar-refractivity contribution in [3.8, 4) is 66.8 Å². The second-order valence-corrected chi connectivity index (χ2v) is 21.1. The van der Waals surface area contributed by atoms with E-state index in [-0.39, 0.29) is 0 Å². The van der Waals surface area contributed by atoms with Crippen molar-refractivity contribution >= 4 is 38.6 Å². The average Bonchev–Trinajstić information content (AvgIpc) is 3.96. The van der Waals surface area contributed by atoms with Gasteiger partial charge in [-0.3, -0.25) is 0 Å². The zero-order valence-corrected chi connectivity index (χ0v) is 44.3. The first-order valence-corrected chi connectivity index (χ1v) is 29.3. The summed E-state index contributed by atoms with van der Waals surface area (Å²) in [4.78, 5) is 0. The van der Waals surface area contributed by atoms with Crippen LogP contribution in [0.25, 0.3) is 88.3 Å².